The van der Waals surface area contributed by atoms with Crippen LogP contribution in [0.5, 0.6) is 0 Å². The first kappa shape index (κ1) is 14.9. The predicted octanol–water partition coefficient (Wildman–Crippen LogP) is 4.18. The van der Waals surface area contributed by atoms with Crippen molar-refractivity contribution in [2.24, 2.45) is 5.73 Å². The van der Waals surface area contributed by atoms with Gasteiger partial charge in [0.2, 0.25) is 0 Å². The van der Waals surface area contributed by atoms with Gasteiger partial charge < -0.3 is 11.1 Å². The first-order valence-corrected chi connectivity index (χ1v) is 8.20. The number of fused-ring (bicyclic) bond motifs is 2. The van der Waals surface area contributed by atoms with Gasteiger partial charge in [0.15, 0.2) is 0 Å². The zero-order valence-electron chi connectivity index (χ0n) is 11.9. The fraction of sp³-hybridized carbons (Fsp3) is 0.438. The third-order valence-corrected chi connectivity index (χ3v) is 4.48. The highest BCUT2D eigenvalue weighted by atomic mass is 35.5. The molecule has 5 heteroatoms. The highest BCUT2D eigenvalue weighted by Crippen LogP contribution is 2.38. The molecule has 0 saturated heterocycles. The van der Waals surface area contributed by atoms with Gasteiger partial charge in [0, 0.05) is 22.6 Å². The van der Waals surface area contributed by atoms with Gasteiger partial charge in [-0.05, 0) is 56.3 Å². The van der Waals surface area contributed by atoms with Gasteiger partial charge in [-0.15, -0.1) is 0 Å². The molecule has 1 heterocycles. The van der Waals surface area contributed by atoms with E-state index in [0.29, 0.717) is 16.6 Å². The molecule has 112 valence electrons. The smallest absolute Gasteiger partial charge is 0.0756 e. The number of rotatable bonds is 4. The maximum atomic E-state index is 6.43. The summed E-state index contributed by atoms with van der Waals surface area (Å²) in [5.74, 6) is 0. The van der Waals surface area contributed by atoms with Gasteiger partial charge in [0.1, 0.15) is 0 Å². The maximum absolute atomic E-state index is 6.43. The van der Waals surface area contributed by atoms with E-state index in [9.17, 15) is 0 Å². The van der Waals surface area contributed by atoms with Crippen LogP contribution in [0.25, 0.3) is 10.9 Å². The summed E-state index contributed by atoms with van der Waals surface area (Å²) in [5.41, 5.74) is 10.1. The second kappa shape index (κ2) is 6.39. The monoisotopic (exact) mass is 323 g/mol. The molecule has 0 atom stereocenters. The molecular weight excluding hydrogens is 305 g/mol. The molecule has 0 bridgehead atoms. The van der Waals surface area contributed by atoms with Gasteiger partial charge in [-0.1, -0.05) is 23.2 Å². The van der Waals surface area contributed by atoms with E-state index >= 15 is 0 Å². The van der Waals surface area contributed by atoms with Crippen molar-refractivity contribution in [3.05, 3.63) is 33.4 Å². The standard InChI is InChI=1S/C16H19Cl2N3/c17-10-8-12(18)15-14(9-10)21-13-5-2-1-4-11(13)16(15)20-7-3-6-19/h8-9H,1-7,19H2,(H,20,21). The normalized spacial score (nSPS) is 14.2. The lowest BCUT2D eigenvalue weighted by Crippen LogP contribution is -2.14. The molecule has 3 rings (SSSR count). The Bertz CT molecular complexity index is 670. The SMILES string of the molecule is NCCCNc1c2c(nc3cc(Cl)cc(Cl)c13)CCCC2. The minimum atomic E-state index is 0.628. The van der Waals surface area contributed by atoms with Gasteiger partial charge >= 0.3 is 0 Å². The number of aromatic nitrogens is 1. The molecule has 1 aliphatic carbocycles. The van der Waals surface area contributed by atoms with Crippen LogP contribution in [0.1, 0.15) is 30.5 Å². The van der Waals surface area contributed by atoms with Crippen LogP contribution in [0, 0.1) is 0 Å². The number of benzene rings is 1. The minimum Gasteiger partial charge on any atom is -0.384 e. The molecule has 0 aliphatic heterocycles. The van der Waals surface area contributed by atoms with Crippen molar-refractivity contribution in [2.45, 2.75) is 32.1 Å². The van der Waals surface area contributed by atoms with Crippen LogP contribution < -0.4 is 11.1 Å². The lowest BCUT2D eigenvalue weighted by atomic mass is 9.92. The molecule has 1 aliphatic rings. The number of aryl methyl sites for hydroxylation is 1. The van der Waals surface area contributed by atoms with E-state index in [4.69, 9.17) is 33.9 Å². The number of halogens is 2. The molecule has 0 spiro atoms. The molecule has 0 unspecified atom stereocenters. The molecule has 2 aromatic rings. The molecule has 0 amide bonds. The van der Waals surface area contributed by atoms with Crippen LogP contribution >= 0.6 is 23.2 Å². The van der Waals surface area contributed by atoms with E-state index in [1.54, 1.807) is 6.07 Å². The van der Waals surface area contributed by atoms with Crippen molar-refractivity contribution in [2.75, 3.05) is 18.4 Å². The minimum absolute atomic E-state index is 0.628. The van der Waals surface area contributed by atoms with E-state index in [-0.39, 0.29) is 0 Å². The van der Waals surface area contributed by atoms with E-state index in [2.05, 4.69) is 5.32 Å². The summed E-state index contributed by atoms with van der Waals surface area (Å²) < 4.78 is 0. The summed E-state index contributed by atoms with van der Waals surface area (Å²) in [6, 6.07) is 3.68. The fourth-order valence-electron chi connectivity index (χ4n) is 2.98. The third-order valence-electron chi connectivity index (χ3n) is 3.96. The number of pyridine rings is 1. The van der Waals surface area contributed by atoms with Gasteiger partial charge in [-0.2, -0.15) is 0 Å². The fourth-order valence-corrected chi connectivity index (χ4v) is 3.56. The van der Waals surface area contributed by atoms with Crippen molar-refractivity contribution in [1.82, 2.24) is 4.98 Å². The van der Waals surface area contributed by atoms with Crippen LogP contribution in [0.4, 0.5) is 5.69 Å². The molecule has 0 fully saturated rings. The Labute approximate surface area is 134 Å². The lowest BCUT2D eigenvalue weighted by Gasteiger charge is -2.22. The Morgan fingerprint density at radius 3 is 2.81 bits per heavy atom. The highest BCUT2D eigenvalue weighted by Gasteiger charge is 2.19. The summed E-state index contributed by atoms with van der Waals surface area (Å²) >= 11 is 12.6. The first-order valence-electron chi connectivity index (χ1n) is 7.45. The topological polar surface area (TPSA) is 50.9 Å². The summed E-state index contributed by atoms with van der Waals surface area (Å²) in [5, 5.41) is 5.80. The molecule has 1 aromatic heterocycles. The second-order valence-corrected chi connectivity index (χ2v) is 6.31. The Hall–Kier alpha value is -1.03. The zero-order valence-corrected chi connectivity index (χ0v) is 13.4. The quantitative estimate of drug-likeness (QED) is 0.830. The average molecular weight is 324 g/mol. The number of anilines is 1. The third kappa shape index (κ3) is 2.96. The number of hydrogen-bond acceptors (Lipinski definition) is 3. The lowest BCUT2D eigenvalue weighted by molar-refractivity contribution is 0.671. The van der Waals surface area contributed by atoms with Gasteiger partial charge in [-0.25, -0.2) is 0 Å². The molecule has 0 saturated carbocycles. The van der Waals surface area contributed by atoms with Crippen LogP contribution in [-0.4, -0.2) is 18.1 Å². The molecule has 21 heavy (non-hydrogen) atoms. The zero-order chi connectivity index (χ0) is 14.8. The largest absolute Gasteiger partial charge is 0.384 e. The Balaban J connectivity index is 2.18. The molecular formula is C16H19Cl2N3. The van der Waals surface area contributed by atoms with Crippen molar-refractivity contribution in [3.63, 3.8) is 0 Å². The van der Waals surface area contributed by atoms with E-state index in [1.807, 2.05) is 6.07 Å². The second-order valence-electron chi connectivity index (χ2n) is 5.47. The van der Waals surface area contributed by atoms with Crippen LogP contribution in [0.2, 0.25) is 10.0 Å². The highest BCUT2D eigenvalue weighted by molar-refractivity contribution is 6.39. The molecule has 1 aromatic carbocycles. The average Bonchev–Trinajstić information content (AvgIpc) is 2.46. The Morgan fingerprint density at radius 2 is 2.00 bits per heavy atom. The number of nitrogens with two attached hydrogens (primary N) is 1. The van der Waals surface area contributed by atoms with Gasteiger partial charge in [0.05, 0.1) is 16.2 Å². The van der Waals surface area contributed by atoms with E-state index < -0.39 is 0 Å². The van der Waals surface area contributed by atoms with Crippen LogP contribution in [0.3, 0.4) is 0 Å². The Morgan fingerprint density at radius 1 is 1.19 bits per heavy atom. The van der Waals surface area contributed by atoms with Crippen molar-refractivity contribution < 1.29 is 0 Å². The first-order chi connectivity index (χ1) is 10.2. The number of nitrogens with one attached hydrogen (secondary N) is 1. The summed E-state index contributed by atoms with van der Waals surface area (Å²) in [6.45, 7) is 1.53. The van der Waals surface area contributed by atoms with Crippen LogP contribution in [0.15, 0.2) is 12.1 Å². The molecule has 3 N–H and O–H groups in total. The van der Waals surface area contributed by atoms with E-state index in [0.717, 1.165) is 42.4 Å². The summed E-state index contributed by atoms with van der Waals surface area (Å²) in [4.78, 5) is 4.79. The van der Waals surface area contributed by atoms with Gasteiger partial charge in [-0.3, -0.25) is 4.98 Å². The maximum Gasteiger partial charge on any atom is 0.0756 e. The van der Waals surface area contributed by atoms with E-state index in [1.165, 1.54) is 24.1 Å². The molecule has 3 nitrogen and oxygen atoms in total. The van der Waals surface area contributed by atoms with Crippen molar-refractivity contribution >= 4 is 39.8 Å². The Kier molecular flexibility index (Phi) is 4.53. The summed E-state index contributed by atoms with van der Waals surface area (Å²) in [6.07, 6.45) is 5.42. The summed E-state index contributed by atoms with van der Waals surface area (Å²) in [7, 11) is 0. The van der Waals surface area contributed by atoms with Gasteiger partial charge in [0.25, 0.3) is 0 Å². The number of hydrogen-bond donors (Lipinski definition) is 2. The van der Waals surface area contributed by atoms with Crippen LogP contribution in [-0.2, 0) is 12.8 Å². The van der Waals surface area contributed by atoms with Crippen molar-refractivity contribution in [3.8, 4) is 0 Å². The predicted molar refractivity (Wildman–Crippen MR) is 90.6 cm³/mol. The van der Waals surface area contributed by atoms with Crippen molar-refractivity contribution in [1.29, 1.82) is 0 Å². The number of nitrogens with zero attached hydrogens (tertiary/aromatic N) is 1. The molecule has 0 radical (unpaired) electrons.